The number of rotatable bonds is 8. The van der Waals surface area contributed by atoms with Crippen molar-refractivity contribution in [3.63, 3.8) is 0 Å². The third-order valence-electron chi connectivity index (χ3n) is 5.86. The van der Waals surface area contributed by atoms with Gasteiger partial charge in [0.05, 0.1) is 0 Å². The lowest BCUT2D eigenvalue weighted by atomic mass is 9.96. The number of piperidine rings is 1. The maximum atomic E-state index is 11.1. The molecule has 29 heavy (non-hydrogen) atoms. The molecular formula is C25H35N3O. The van der Waals surface area contributed by atoms with Crippen LogP contribution in [0.1, 0.15) is 36.5 Å². The fraction of sp³-hybridized carbons (Fsp3) is 0.480. The average molecular weight is 394 g/mol. The molecule has 0 aliphatic carbocycles. The van der Waals surface area contributed by atoms with E-state index in [-0.39, 0.29) is 5.91 Å². The fourth-order valence-corrected chi connectivity index (χ4v) is 4.39. The molecule has 0 saturated carbocycles. The predicted molar refractivity (Wildman–Crippen MR) is 121 cm³/mol. The molecule has 156 valence electrons. The number of nitrogens with zero attached hydrogens (tertiary/aromatic N) is 2. The van der Waals surface area contributed by atoms with Crippen LogP contribution >= 0.6 is 0 Å². The monoisotopic (exact) mass is 393 g/mol. The SMILES string of the molecule is CC(=O)Nc1ccc(CN(C)C[C@H]2CCCN(CCc3ccccc3C)C2)cc1. The molecule has 1 amide bonds. The van der Waals surface area contributed by atoms with Gasteiger partial charge in [-0.1, -0.05) is 36.4 Å². The number of hydrogen-bond donors (Lipinski definition) is 1. The topological polar surface area (TPSA) is 35.6 Å². The zero-order chi connectivity index (χ0) is 20.6. The van der Waals surface area contributed by atoms with Crippen molar-refractivity contribution in [1.29, 1.82) is 0 Å². The molecule has 1 aliphatic heterocycles. The third kappa shape index (κ3) is 6.98. The van der Waals surface area contributed by atoms with Gasteiger partial charge in [0, 0.05) is 38.8 Å². The van der Waals surface area contributed by atoms with E-state index in [0.717, 1.165) is 37.7 Å². The summed E-state index contributed by atoms with van der Waals surface area (Å²) in [5.41, 5.74) is 5.04. The van der Waals surface area contributed by atoms with Crippen LogP contribution in [0.2, 0.25) is 0 Å². The lowest BCUT2D eigenvalue weighted by Gasteiger charge is -2.35. The molecule has 0 bridgehead atoms. The van der Waals surface area contributed by atoms with Gasteiger partial charge in [0.2, 0.25) is 5.91 Å². The summed E-state index contributed by atoms with van der Waals surface area (Å²) in [5.74, 6) is 0.711. The Balaban J connectivity index is 1.44. The lowest BCUT2D eigenvalue weighted by molar-refractivity contribution is -0.114. The van der Waals surface area contributed by atoms with Crippen LogP contribution in [0.5, 0.6) is 0 Å². The summed E-state index contributed by atoms with van der Waals surface area (Å²) in [4.78, 5) is 16.2. The molecule has 3 rings (SSSR count). The number of nitrogens with one attached hydrogen (secondary N) is 1. The number of carbonyl (C=O) groups excluding carboxylic acids is 1. The Hall–Kier alpha value is -2.17. The van der Waals surface area contributed by atoms with E-state index in [2.05, 4.69) is 65.5 Å². The van der Waals surface area contributed by atoms with E-state index in [4.69, 9.17) is 0 Å². The molecule has 4 nitrogen and oxygen atoms in total. The van der Waals surface area contributed by atoms with Crippen LogP contribution in [-0.2, 0) is 17.8 Å². The lowest BCUT2D eigenvalue weighted by Crippen LogP contribution is -2.40. The summed E-state index contributed by atoms with van der Waals surface area (Å²) in [7, 11) is 2.22. The first-order chi connectivity index (χ1) is 14.0. The first-order valence-electron chi connectivity index (χ1n) is 10.8. The summed E-state index contributed by atoms with van der Waals surface area (Å²) in [6, 6.07) is 16.9. The minimum Gasteiger partial charge on any atom is -0.326 e. The van der Waals surface area contributed by atoms with Gasteiger partial charge in [-0.2, -0.15) is 0 Å². The zero-order valence-electron chi connectivity index (χ0n) is 18.2. The van der Waals surface area contributed by atoms with Crippen molar-refractivity contribution in [2.24, 2.45) is 5.92 Å². The molecule has 2 aromatic carbocycles. The van der Waals surface area contributed by atoms with E-state index in [1.165, 1.54) is 49.5 Å². The van der Waals surface area contributed by atoms with Crippen molar-refractivity contribution >= 4 is 11.6 Å². The Morgan fingerprint density at radius 2 is 1.93 bits per heavy atom. The van der Waals surface area contributed by atoms with E-state index in [1.54, 1.807) is 0 Å². The van der Waals surface area contributed by atoms with Crippen molar-refractivity contribution in [3.05, 3.63) is 65.2 Å². The quantitative estimate of drug-likeness (QED) is 0.725. The summed E-state index contributed by atoms with van der Waals surface area (Å²) in [5, 5.41) is 2.82. The van der Waals surface area contributed by atoms with Crippen LogP contribution in [0.4, 0.5) is 5.69 Å². The molecule has 1 aliphatic rings. The van der Waals surface area contributed by atoms with Crippen LogP contribution in [0, 0.1) is 12.8 Å². The number of anilines is 1. The van der Waals surface area contributed by atoms with Crippen LogP contribution < -0.4 is 5.32 Å². The van der Waals surface area contributed by atoms with Crippen LogP contribution in [0.3, 0.4) is 0 Å². The standard InChI is InChI=1S/C25H35N3O/c1-20-7-4-5-9-24(20)14-16-28-15-6-8-23(19-28)18-27(3)17-22-10-12-25(13-11-22)26-21(2)29/h4-5,7,9-13,23H,6,8,14-19H2,1-3H3,(H,26,29)/t23-/m1/s1. The Kier molecular flexibility index (Phi) is 7.84. The molecule has 0 spiro atoms. The minimum absolute atomic E-state index is 0.0286. The molecular weight excluding hydrogens is 358 g/mol. The van der Waals surface area contributed by atoms with Crippen LogP contribution in [0.15, 0.2) is 48.5 Å². The number of likely N-dealkylation sites (tertiary alicyclic amines) is 1. The second-order valence-electron chi connectivity index (χ2n) is 8.56. The van der Waals surface area contributed by atoms with Crippen LogP contribution in [0.25, 0.3) is 0 Å². The van der Waals surface area contributed by atoms with E-state index < -0.39 is 0 Å². The van der Waals surface area contributed by atoms with Gasteiger partial charge < -0.3 is 15.1 Å². The maximum absolute atomic E-state index is 11.1. The molecule has 0 radical (unpaired) electrons. The molecule has 0 aromatic heterocycles. The smallest absolute Gasteiger partial charge is 0.221 e. The summed E-state index contributed by atoms with van der Waals surface area (Å²) in [6.07, 6.45) is 3.78. The van der Waals surface area contributed by atoms with Crippen molar-refractivity contribution in [1.82, 2.24) is 9.80 Å². The van der Waals surface area contributed by atoms with Gasteiger partial charge in [0.1, 0.15) is 0 Å². The molecule has 4 heteroatoms. The van der Waals surface area contributed by atoms with Gasteiger partial charge in [0.25, 0.3) is 0 Å². The number of aryl methyl sites for hydroxylation is 1. The maximum Gasteiger partial charge on any atom is 0.221 e. The molecule has 1 N–H and O–H groups in total. The van der Waals surface area contributed by atoms with Gasteiger partial charge in [-0.25, -0.2) is 0 Å². The largest absolute Gasteiger partial charge is 0.326 e. The first-order valence-corrected chi connectivity index (χ1v) is 10.8. The highest BCUT2D eigenvalue weighted by molar-refractivity contribution is 5.88. The summed E-state index contributed by atoms with van der Waals surface area (Å²) >= 11 is 0. The number of hydrogen-bond acceptors (Lipinski definition) is 3. The van der Waals surface area contributed by atoms with E-state index in [1.807, 2.05) is 12.1 Å². The highest BCUT2D eigenvalue weighted by Crippen LogP contribution is 2.19. The minimum atomic E-state index is -0.0286. The Bertz CT molecular complexity index is 787. The second-order valence-corrected chi connectivity index (χ2v) is 8.56. The highest BCUT2D eigenvalue weighted by Gasteiger charge is 2.21. The second kappa shape index (κ2) is 10.6. The van der Waals surface area contributed by atoms with Gasteiger partial charge in [-0.05, 0) is 74.5 Å². The first kappa shape index (κ1) is 21.5. The number of benzene rings is 2. The molecule has 1 saturated heterocycles. The molecule has 0 unspecified atom stereocenters. The van der Waals surface area contributed by atoms with Gasteiger partial charge >= 0.3 is 0 Å². The number of carbonyl (C=O) groups is 1. The summed E-state index contributed by atoms with van der Waals surface area (Å²) in [6.45, 7) is 9.43. The molecule has 1 heterocycles. The third-order valence-corrected chi connectivity index (χ3v) is 5.86. The Labute approximate surface area is 175 Å². The van der Waals surface area contributed by atoms with Crippen molar-refractivity contribution < 1.29 is 4.79 Å². The van der Waals surface area contributed by atoms with Crippen LogP contribution in [-0.4, -0.2) is 48.9 Å². The van der Waals surface area contributed by atoms with Gasteiger partial charge in [-0.15, -0.1) is 0 Å². The average Bonchev–Trinajstić information content (AvgIpc) is 2.69. The van der Waals surface area contributed by atoms with E-state index >= 15 is 0 Å². The van der Waals surface area contributed by atoms with Gasteiger partial charge in [0.15, 0.2) is 0 Å². The fourth-order valence-electron chi connectivity index (χ4n) is 4.39. The highest BCUT2D eigenvalue weighted by atomic mass is 16.1. The van der Waals surface area contributed by atoms with Crippen molar-refractivity contribution in [3.8, 4) is 0 Å². The summed E-state index contributed by atoms with van der Waals surface area (Å²) < 4.78 is 0. The zero-order valence-corrected chi connectivity index (χ0v) is 18.2. The normalized spacial score (nSPS) is 17.4. The van der Waals surface area contributed by atoms with E-state index in [9.17, 15) is 4.79 Å². The van der Waals surface area contributed by atoms with Gasteiger partial charge in [-0.3, -0.25) is 4.79 Å². The Morgan fingerprint density at radius 3 is 2.66 bits per heavy atom. The molecule has 1 fully saturated rings. The van der Waals surface area contributed by atoms with E-state index in [0.29, 0.717) is 0 Å². The van der Waals surface area contributed by atoms with Crippen molar-refractivity contribution in [2.45, 2.75) is 39.7 Å². The van der Waals surface area contributed by atoms with Crippen molar-refractivity contribution in [2.75, 3.05) is 38.5 Å². The Morgan fingerprint density at radius 1 is 1.17 bits per heavy atom. The molecule has 2 aromatic rings. The number of amides is 1. The predicted octanol–water partition coefficient (Wildman–Crippen LogP) is 4.34. The molecule has 1 atom stereocenters.